The van der Waals surface area contributed by atoms with E-state index in [0.29, 0.717) is 11.3 Å². The van der Waals surface area contributed by atoms with E-state index in [2.05, 4.69) is 5.32 Å². The molecule has 126 valence electrons. The maximum Gasteiger partial charge on any atom is 0.240 e. The van der Waals surface area contributed by atoms with E-state index in [1.807, 2.05) is 0 Å². The molecule has 4 nitrogen and oxygen atoms in total. The number of nitrogens with one attached hydrogen (secondary N) is 1. The topological polar surface area (TPSA) is 49.4 Å². The Morgan fingerprint density at radius 1 is 1.12 bits per heavy atom. The molecule has 2 aromatic rings. The van der Waals surface area contributed by atoms with Gasteiger partial charge in [-0.3, -0.25) is 9.59 Å². The normalized spacial score (nSPS) is 10.3. The molecule has 0 saturated carbocycles. The smallest absolute Gasteiger partial charge is 0.240 e. The zero-order valence-corrected chi connectivity index (χ0v) is 14.4. The van der Waals surface area contributed by atoms with Crippen LogP contribution in [0.5, 0.6) is 0 Å². The Kier molecular flexibility index (Phi) is 6.17. The van der Waals surface area contributed by atoms with E-state index in [1.54, 1.807) is 36.4 Å². The van der Waals surface area contributed by atoms with E-state index in [4.69, 9.17) is 23.2 Å². The molecule has 0 radical (unpaired) electrons. The highest BCUT2D eigenvalue weighted by atomic mass is 35.5. The molecule has 0 heterocycles. The number of benzene rings is 2. The molecule has 0 unspecified atom stereocenters. The Morgan fingerprint density at radius 2 is 1.83 bits per heavy atom. The highest BCUT2D eigenvalue weighted by Gasteiger charge is 2.19. The van der Waals surface area contributed by atoms with Gasteiger partial charge in [-0.15, -0.1) is 0 Å². The van der Waals surface area contributed by atoms with Gasteiger partial charge < -0.3 is 10.2 Å². The summed E-state index contributed by atoms with van der Waals surface area (Å²) < 4.78 is 13.5. The summed E-state index contributed by atoms with van der Waals surface area (Å²) in [5.74, 6) is -1.20. The lowest BCUT2D eigenvalue weighted by atomic mass is 10.2. The summed E-state index contributed by atoms with van der Waals surface area (Å²) in [4.78, 5) is 25.2. The number of anilines is 1. The van der Waals surface area contributed by atoms with Crippen molar-refractivity contribution < 1.29 is 14.0 Å². The van der Waals surface area contributed by atoms with Crippen LogP contribution in [0.2, 0.25) is 10.0 Å². The fourth-order valence-corrected chi connectivity index (χ4v) is 2.50. The number of nitrogens with zero attached hydrogens (tertiary/aromatic N) is 1. The Balaban J connectivity index is 2.08. The first-order valence-corrected chi connectivity index (χ1v) is 7.88. The molecule has 2 aromatic carbocycles. The van der Waals surface area contributed by atoms with Crippen LogP contribution >= 0.6 is 23.2 Å². The third kappa shape index (κ3) is 4.46. The van der Waals surface area contributed by atoms with Gasteiger partial charge in [0.05, 0.1) is 15.7 Å². The van der Waals surface area contributed by atoms with Crippen LogP contribution in [0.25, 0.3) is 0 Å². The van der Waals surface area contributed by atoms with Crippen molar-refractivity contribution in [3.05, 3.63) is 63.9 Å². The number of rotatable bonds is 5. The van der Waals surface area contributed by atoms with Gasteiger partial charge in [-0.1, -0.05) is 47.5 Å². The van der Waals surface area contributed by atoms with Crippen LogP contribution in [0, 0.1) is 5.82 Å². The van der Waals surface area contributed by atoms with Crippen molar-refractivity contribution in [3.63, 3.8) is 0 Å². The molecular formula is C17H15Cl2FN2O2. The van der Waals surface area contributed by atoms with E-state index in [9.17, 15) is 14.0 Å². The molecule has 2 rings (SSSR count). The Bertz CT molecular complexity index is 768. The molecule has 2 amide bonds. The fourth-order valence-electron chi connectivity index (χ4n) is 2.10. The molecule has 0 saturated heterocycles. The van der Waals surface area contributed by atoms with Crippen molar-refractivity contribution in [2.45, 2.75) is 13.5 Å². The third-order valence-electron chi connectivity index (χ3n) is 3.34. The van der Waals surface area contributed by atoms with Crippen LogP contribution in [0.15, 0.2) is 42.5 Å². The predicted molar refractivity (Wildman–Crippen MR) is 92.7 cm³/mol. The molecule has 7 heteroatoms. The summed E-state index contributed by atoms with van der Waals surface area (Å²) in [6, 6.07) is 11.0. The van der Waals surface area contributed by atoms with Crippen LogP contribution in [0.3, 0.4) is 0 Å². The molecule has 24 heavy (non-hydrogen) atoms. The number of hydrogen-bond donors (Lipinski definition) is 1. The van der Waals surface area contributed by atoms with Gasteiger partial charge in [-0.05, 0) is 18.2 Å². The van der Waals surface area contributed by atoms with Crippen molar-refractivity contribution in [2.24, 2.45) is 0 Å². The molecule has 1 N–H and O–H groups in total. The first-order chi connectivity index (χ1) is 11.4. The number of carbonyl (C=O) groups is 2. The minimum Gasteiger partial charge on any atom is -0.350 e. The summed E-state index contributed by atoms with van der Waals surface area (Å²) in [5.41, 5.74) is 0.707. The summed E-state index contributed by atoms with van der Waals surface area (Å²) in [6.07, 6.45) is 0. The second kappa shape index (κ2) is 8.13. The van der Waals surface area contributed by atoms with Crippen LogP contribution in [-0.4, -0.2) is 18.4 Å². The lowest BCUT2D eigenvalue weighted by molar-refractivity contribution is -0.123. The fraction of sp³-hybridized carbons (Fsp3) is 0.176. The van der Waals surface area contributed by atoms with Gasteiger partial charge in [0.15, 0.2) is 0 Å². The van der Waals surface area contributed by atoms with Gasteiger partial charge >= 0.3 is 0 Å². The molecule has 0 aliphatic rings. The Morgan fingerprint density at radius 3 is 2.50 bits per heavy atom. The van der Waals surface area contributed by atoms with Gasteiger partial charge in [0, 0.05) is 19.0 Å². The summed E-state index contributed by atoms with van der Waals surface area (Å²) in [7, 11) is 0. The predicted octanol–water partition coefficient (Wildman–Crippen LogP) is 3.80. The van der Waals surface area contributed by atoms with Gasteiger partial charge in [0.25, 0.3) is 0 Å². The monoisotopic (exact) mass is 368 g/mol. The molecule has 0 aromatic heterocycles. The number of halogens is 3. The lowest BCUT2D eigenvalue weighted by Gasteiger charge is -2.22. The van der Waals surface area contributed by atoms with Crippen molar-refractivity contribution in [1.29, 1.82) is 0 Å². The first kappa shape index (κ1) is 18.2. The van der Waals surface area contributed by atoms with Crippen LogP contribution in [0.4, 0.5) is 10.1 Å². The molecule has 0 aliphatic carbocycles. The molecular weight excluding hydrogens is 354 g/mol. The van der Waals surface area contributed by atoms with Gasteiger partial charge in [0.2, 0.25) is 11.8 Å². The minimum atomic E-state index is -0.440. The minimum absolute atomic E-state index is 0.0283. The van der Waals surface area contributed by atoms with E-state index in [0.717, 1.165) is 0 Å². The van der Waals surface area contributed by atoms with Crippen molar-refractivity contribution in [1.82, 2.24) is 5.32 Å². The van der Waals surface area contributed by atoms with Crippen LogP contribution in [-0.2, 0) is 16.1 Å². The number of carbonyl (C=O) groups excluding carboxylic acids is 2. The van der Waals surface area contributed by atoms with E-state index >= 15 is 0 Å². The third-order valence-corrected chi connectivity index (χ3v) is 4.15. The summed E-state index contributed by atoms with van der Waals surface area (Å²) in [6.45, 7) is 1.10. The van der Waals surface area contributed by atoms with Crippen molar-refractivity contribution in [3.8, 4) is 0 Å². The van der Waals surface area contributed by atoms with Crippen molar-refractivity contribution >= 4 is 40.7 Å². The Hall–Kier alpha value is -2.11. The van der Waals surface area contributed by atoms with E-state index in [-0.39, 0.29) is 29.0 Å². The quantitative estimate of drug-likeness (QED) is 0.872. The number of amides is 2. The highest BCUT2D eigenvalue weighted by molar-refractivity contribution is 6.44. The zero-order valence-electron chi connectivity index (χ0n) is 12.9. The molecule has 0 fully saturated rings. The molecule has 0 spiro atoms. The maximum absolute atomic E-state index is 13.5. The lowest BCUT2D eigenvalue weighted by Crippen LogP contribution is -2.39. The van der Waals surface area contributed by atoms with Gasteiger partial charge in [-0.25, -0.2) is 4.39 Å². The average molecular weight is 369 g/mol. The maximum atomic E-state index is 13.5. The average Bonchev–Trinajstić information content (AvgIpc) is 2.54. The van der Waals surface area contributed by atoms with Crippen molar-refractivity contribution in [2.75, 3.05) is 11.4 Å². The molecule has 0 atom stereocenters. The van der Waals surface area contributed by atoms with Gasteiger partial charge in [0.1, 0.15) is 12.4 Å². The highest BCUT2D eigenvalue weighted by Crippen LogP contribution is 2.32. The number of hydrogen-bond acceptors (Lipinski definition) is 2. The van der Waals surface area contributed by atoms with E-state index in [1.165, 1.54) is 17.9 Å². The standard InChI is InChI=1S/C17H15Cl2FN2O2/c1-11(23)22(15-8-4-6-13(18)17(15)19)10-16(24)21-9-12-5-2-3-7-14(12)20/h2-8H,9-10H2,1H3,(H,21,24). The van der Waals surface area contributed by atoms with Gasteiger partial charge in [-0.2, -0.15) is 0 Å². The second-order valence-corrected chi connectivity index (χ2v) is 5.83. The Labute approximate surface area is 149 Å². The second-order valence-electron chi connectivity index (χ2n) is 5.05. The van der Waals surface area contributed by atoms with E-state index < -0.39 is 11.7 Å². The molecule has 0 bridgehead atoms. The van der Waals surface area contributed by atoms with Crippen LogP contribution < -0.4 is 10.2 Å². The first-order valence-electron chi connectivity index (χ1n) is 7.12. The van der Waals surface area contributed by atoms with Crippen LogP contribution in [0.1, 0.15) is 12.5 Å². The largest absolute Gasteiger partial charge is 0.350 e. The summed E-state index contributed by atoms with van der Waals surface area (Å²) >= 11 is 12.0. The molecule has 0 aliphatic heterocycles. The zero-order chi connectivity index (χ0) is 17.7. The summed E-state index contributed by atoms with van der Waals surface area (Å²) in [5, 5.41) is 3.06. The SMILES string of the molecule is CC(=O)N(CC(=O)NCc1ccccc1F)c1cccc(Cl)c1Cl.